The molecule has 0 amide bonds. The van der Waals surface area contributed by atoms with E-state index < -0.39 is 22.5 Å². The summed E-state index contributed by atoms with van der Waals surface area (Å²) >= 11 is 2.88. The van der Waals surface area contributed by atoms with Crippen molar-refractivity contribution in [1.29, 1.82) is 0 Å². The molecule has 3 atom stereocenters. The average Bonchev–Trinajstić information content (AvgIpc) is 3.44. The number of thiol groups is 1. The molecule has 6 heteroatoms. The van der Waals surface area contributed by atoms with E-state index >= 15 is 0 Å². The predicted octanol–water partition coefficient (Wildman–Crippen LogP) is 5.87. The van der Waals surface area contributed by atoms with Crippen LogP contribution in [0.2, 0.25) is 8.87 Å². The second kappa shape index (κ2) is 15.4. The Bertz CT molecular complexity index is 454. The molecule has 2 heterocycles. The molecule has 2 fully saturated rings. The minimum absolute atomic E-state index is 0.0522. The number of esters is 1. The zero-order chi connectivity index (χ0) is 21.7. The molecule has 0 saturated carbocycles. The molecular weight excluding hydrogens is 503 g/mol. The van der Waals surface area contributed by atoms with Crippen LogP contribution in [-0.4, -0.2) is 60.5 Å². The first-order chi connectivity index (χ1) is 14.6. The standard InChI is InChI=1S/C12H19O4S.2C6H13.Sn.H/c13-12(16-8-10-4-2-6-15-10)11(17)7-9-3-1-5-14-9;2*1-3-5-6-4-2;;/h9-10,17H,1-8H2;2*1,3-6H2,2H3;;. The van der Waals surface area contributed by atoms with Gasteiger partial charge in [-0.15, -0.1) is 0 Å². The van der Waals surface area contributed by atoms with Gasteiger partial charge in [0.25, 0.3) is 0 Å². The molecule has 0 aromatic heterocycles. The van der Waals surface area contributed by atoms with E-state index in [1.165, 1.54) is 60.2 Å². The van der Waals surface area contributed by atoms with Crippen LogP contribution >= 0.6 is 12.6 Å². The Morgan fingerprint density at radius 3 is 2.00 bits per heavy atom. The molecule has 2 rings (SSSR count). The van der Waals surface area contributed by atoms with Gasteiger partial charge in [-0.3, -0.25) is 0 Å². The Labute approximate surface area is 197 Å². The topological polar surface area (TPSA) is 44.8 Å². The third-order valence-electron chi connectivity index (χ3n) is 6.83. The van der Waals surface area contributed by atoms with E-state index in [1.807, 2.05) is 0 Å². The molecular formula is C24H46O4SSn. The van der Waals surface area contributed by atoms with E-state index in [4.69, 9.17) is 26.8 Å². The molecule has 2 aliphatic heterocycles. The summed E-state index contributed by atoms with van der Waals surface area (Å²) in [5.74, 6) is -0.0522. The zero-order valence-corrected chi connectivity index (χ0v) is 23.7. The van der Waals surface area contributed by atoms with Crippen molar-refractivity contribution in [3.05, 3.63) is 0 Å². The van der Waals surface area contributed by atoms with E-state index in [0.29, 0.717) is 6.61 Å². The normalized spacial score (nSPS) is 23.7. The van der Waals surface area contributed by atoms with Crippen LogP contribution in [0.25, 0.3) is 0 Å². The molecule has 0 N–H and O–H groups in total. The Hall–Kier alpha value is 0.539. The van der Waals surface area contributed by atoms with E-state index in [9.17, 15) is 4.79 Å². The van der Waals surface area contributed by atoms with Crippen molar-refractivity contribution in [1.82, 2.24) is 0 Å². The molecule has 4 nitrogen and oxygen atoms in total. The molecule has 0 spiro atoms. The van der Waals surface area contributed by atoms with E-state index in [1.54, 1.807) is 0 Å². The number of carbonyl (C=O) groups excluding carboxylic acids is 1. The van der Waals surface area contributed by atoms with Gasteiger partial charge in [-0.25, -0.2) is 0 Å². The second-order valence-electron chi connectivity index (χ2n) is 9.39. The van der Waals surface area contributed by atoms with Crippen molar-refractivity contribution in [3.63, 3.8) is 0 Å². The Morgan fingerprint density at radius 1 is 0.933 bits per heavy atom. The van der Waals surface area contributed by atoms with Crippen LogP contribution in [0.3, 0.4) is 0 Å². The molecule has 3 unspecified atom stereocenters. The van der Waals surface area contributed by atoms with E-state index in [0.717, 1.165) is 45.3 Å². The quantitative estimate of drug-likeness (QED) is 0.113. The first kappa shape index (κ1) is 26.8. The maximum atomic E-state index is 13.5. The molecule has 0 radical (unpaired) electrons. The summed E-state index contributed by atoms with van der Waals surface area (Å²) in [5, 5.41) is 0. The number of ether oxygens (including phenoxy) is 3. The summed E-state index contributed by atoms with van der Waals surface area (Å²) in [6, 6.07) is 0. The van der Waals surface area contributed by atoms with Crippen molar-refractivity contribution in [2.75, 3.05) is 19.8 Å². The van der Waals surface area contributed by atoms with Gasteiger partial charge in [0.15, 0.2) is 0 Å². The van der Waals surface area contributed by atoms with Crippen LogP contribution in [0.5, 0.6) is 0 Å². The van der Waals surface area contributed by atoms with E-state index in [2.05, 4.69) is 13.8 Å². The summed E-state index contributed by atoms with van der Waals surface area (Å²) in [7, 11) is 0. The number of hydrogen-bond acceptors (Lipinski definition) is 5. The van der Waals surface area contributed by atoms with Crippen LogP contribution in [0.1, 0.15) is 97.3 Å². The van der Waals surface area contributed by atoms with Gasteiger partial charge in [0, 0.05) is 0 Å². The summed E-state index contributed by atoms with van der Waals surface area (Å²) in [6.07, 6.45) is 15.4. The van der Waals surface area contributed by atoms with Crippen LogP contribution in [0, 0.1) is 0 Å². The third-order valence-corrected chi connectivity index (χ3v) is 21.2. The van der Waals surface area contributed by atoms with Crippen LogP contribution in [0.15, 0.2) is 0 Å². The second-order valence-corrected chi connectivity index (χ2v) is 21.7. The van der Waals surface area contributed by atoms with E-state index in [-0.39, 0.29) is 18.2 Å². The molecule has 0 aromatic rings. The van der Waals surface area contributed by atoms with Gasteiger partial charge in [0.2, 0.25) is 0 Å². The van der Waals surface area contributed by atoms with Crippen LogP contribution < -0.4 is 0 Å². The maximum absolute atomic E-state index is 13.5. The van der Waals surface area contributed by atoms with Crippen molar-refractivity contribution >= 4 is 38.4 Å². The molecule has 0 aliphatic carbocycles. The summed E-state index contributed by atoms with van der Waals surface area (Å²) < 4.78 is 19.5. The summed E-state index contributed by atoms with van der Waals surface area (Å²) in [5.41, 5.74) is 0. The van der Waals surface area contributed by atoms with Gasteiger partial charge < -0.3 is 0 Å². The number of hydrogen-bond donors (Lipinski definition) is 1. The molecule has 0 bridgehead atoms. The number of carbonyl (C=O) groups is 1. The molecule has 2 aliphatic rings. The summed E-state index contributed by atoms with van der Waals surface area (Å²) in [6.45, 7) is 6.53. The van der Waals surface area contributed by atoms with Gasteiger partial charge in [-0.1, -0.05) is 0 Å². The SMILES string of the molecule is CCCCC[CH2][SnH]([CH2]CCCCC)[C](S)(CC1CCCO1)C(=O)OCC1CCCO1. The van der Waals surface area contributed by atoms with Crippen LogP contribution in [-0.2, 0) is 19.0 Å². The van der Waals surface area contributed by atoms with Crippen LogP contribution in [0.4, 0.5) is 0 Å². The fourth-order valence-electron chi connectivity index (χ4n) is 4.90. The predicted molar refractivity (Wildman–Crippen MR) is 130 cm³/mol. The van der Waals surface area contributed by atoms with Crippen molar-refractivity contribution in [3.8, 4) is 0 Å². The summed E-state index contributed by atoms with van der Waals surface area (Å²) in [4.78, 5) is 13.5. The molecule has 0 aromatic carbocycles. The first-order valence-electron chi connectivity index (χ1n) is 12.7. The van der Waals surface area contributed by atoms with Crippen molar-refractivity contribution in [2.24, 2.45) is 0 Å². The monoisotopic (exact) mass is 550 g/mol. The fraction of sp³-hybridized carbons (Fsp3) is 0.958. The first-order valence-corrected chi connectivity index (χ1v) is 19.5. The Balaban J connectivity index is 2.05. The third kappa shape index (κ3) is 9.19. The molecule has 30 heavy (non-hydrogen) atoms. The van der Waals surface area contributed by atoms with Crippen molar-refractivity contribution in [2.45, 2.75) is 121 Å². The van der Waals surface area contributed by atoms with Gasteiger partial charge in [0.05, 0.1) is 0 Å². The van der Waals surface area contributed by atoms with Gasteiger partial charge >= 0.3 is 198 Å². The Kier molecular flexibility index (Phi) is 13.7. The zero-order valence-electron chi connectivity index (χ0n) is 19.5. The van der Waals surface area contributed by atoms with Crippen molar-refractivity contribution < 1.29 is 19.0 Å². The molecule has 2 saturated heterocycles. The average molecular weight is 549 g/mol. The van der Waals surface area contributed by atoms with Gasteiger partial charge in [-0.05, 0) is 0 Å². The van der Waals surface area contributed by atoms with Gasteiger partial charge in [0.1, 0.15) is 0 Å². The minimum atomic E-state index is -2.33. The van der Waals surface area contributed by atoms with Gasteiger partial charge in [-0.2, -0.15) is 0 Å². The Morgan fingerprint density at radius 2 is 1.50 bits per heavy atom. The number of rotatable bonds is 16. The fourth-order valence-corrected chi connectivity index (χ4v) is 17.8. The number of unbranched alkanes of at least 4 members (excludes halogenated alkanes) is 6. The molecule has 176 valence electrons.